The van der Waals surface area contributed by atoms with Crippen LogP contribution in [0.1, 0.15) is 31.1 Å². The summed E-state index contributed by atoms with van der Waals surface area (Å²) in [6, 6.07) is 7.46. The minimum Gasteiger partial charge on any atom is -0.497 e. The molecule has 1 aromatic heterocycles. The molecule has 1 aromatic carbocycles. The van der Waals surface area contributed by atoms with Crippen LogP contribution >= 0.6 is 23.6 Å². The number of aromatic hydroxyl groups is 1. The Hall–Kier alpha value is -1.66. The van der Waals surface area contributed by atoms with Crippen molar-refractivity contribution in [2.75, 3.05) is 7.11 Å². The number of benzene rings is 1. The molecule has 118 valence electrons. The number of thiazole rings is 1. The summed E-state index contributed by atoms with van der Waals surface area (Å²) in [6.45, 7) is 2.90. The maximum absolute atomic E-state index is 10.3. The molecule has 6 heteroatoms. The summed E-state index contributed by atoms with van der Waals surface area (Å²) in [5.41, 5.74) is 0.774. The second kappa shape index (κ2) is 8.10. The van der Waals surface area contributed by atoms with Crippen molar-refractivity contribution in [3.63, 3.8) is 0 Å². The van der Waals surface area contributed by atoms with Crippen molar-refractivity contribution in [1.29, 1.82) is 0 Å². The van der Waals surface area contributed by atoms with E-state index in [0.29, 0.717) is 8.83 Å². The van der Waals surface area contributed by atoms with E-state index in [1.54, 1.807) is 17.9 Å². The largest absolute Gasteiger partial charge is 0.497 e. The van der Waals surface area contributed by atoms with Crippen molar-refractivity contribution < 1.29 is 9.84 Å². The molecule has 0 saturated heterocycles. The smallest absolute Gasteiger partial charge is 0.212 e. The fourth-order valence-corrected chi connectivity index (χ4v) is 3.27. The maximum Gasteiger partial charge on any atom is 0.212 e. The van der Waals surface area contributed by atoms with Gasteiger partial charge in [0, 0.05) is 12.6 Å². The van der Waals surface area contributed by atoms with Gasteiger partial charge >= 0.3 is 0 Å². The molecule has 0 fully saturated rings. The monoisotopic (exact) mass is 336 g/mol. The van der Waals surface area contributed by atoms with Gasteiger partial charge in [-0.05, 0) is 30.8 Å². The van der Waals surface area contributed by atoms with E-state index in [1.165, 1.54) is 11.3 Å². The van der Waals surface area contributed by atoms with Crippen LogP contribution < -0.4 is 4.74 Å². The van der Waals surface area contributed by atoms with Gasteiger partial charge in [0.15, 0.2) is 3.95 Å². The molecule has 0 bridgehead atoms. The number of rotatable bonds is 7. The minimum absolute atomic E-state index is 0.206. The van der Waals surface area contributed by atoms with E-state index < -0.39 is 0 Å². The SMILES string of the molecule is CCCCCn1c(O)c(C=Nc2cccc(OC)c2)sc1=S. The third-order valence-corrected chi connectivity index (χ3v) is 4.64. The first-order valence-electron chi connectivity index (χ1n) is 7.26. The predicted molar refractivity (Wildman–Crippen MR) is 94.6 cm³/mol. The molecule has 0 atom stereocenters. The Morgan fingerprint density at radius 2 is 2.23 bits per heavy atom. The Bertz CT molecular complexity index is 704. The number of nitrogens with zero attached hydrogens (tertiary/aromatic N) is 2. The van der Waals surface area contributed by atoms with Gasteiger partial charge in [-0.25, -0.2) is 0 Å². The molecule has 1 heterocycles. The summed E-state index contributed by atoms with van der Waals surface area (Å²) < 4.78 is 7.63. The van der Waals surface area contributed by atoms with Crippen molar-refractivity contribution in [3.05, 3.63) is 33.1 Å². The maximum atomic E-state index is 10.3. The van der Waals surface area contributed by atoms with E-state index in [2.05, 4.69) is 11.9 Å². The molecule has 22 heavy (non-hydrogen) atoms. The molecule has 0 saturated carbocycles. The average molecular weight is 336 g/mol. The van der Waals surface area contributed by atoms with Crippen LogP contribution in [0.5, 0.6) is 11.6 Å². The molecule has 0 aliphatic carbocycles. The molecule has 0 radical (unpaired) electrons. The van der Waals surface area contributed by atoms with Crippen LogP contribution in [0.2, 0.25) is 0 Å². The molecule has 4 nitrogen and oxygen atoms in total. The number of ether oxygens (including phenoxy) is 1. The number of unbranched alkanes of at least 4 members (excludes halogenated alkanes) is 2. The summed E-state index contributed by atoms with van der Waals surface area (Å²) in [5.74, 6) is 0.960. The normalized spacial score (nSPS) is 11.2. The lowest BCUT2D eigenvalue weighted by atomic mass is 10.2. The molecular formula is C16H20N2O2S2. The van der Waals surface area contributed by atoms with Gasteiger partial charge in [-0.2, -0.15) is 0 Å². The van der Waals surface area contributed by atoms with Crippen LogP contribution in [0.3, 0.4) is 0 Å². The fraction of sp³-hybridized carbons (Fsp3) is 0.375. The van der Waals surface area contributed by atoms with Gasteiger partial charge in [0.2, 0.25) is 5.88 Å². The van der Waals surface area contributed by atoms with Gasteiger partial charge in [-0.1, -0.05) is 37.2 Å². The van der Waals surface area contributed by atoms with Crippen LogP contribution in [-0.2, 0) is 6.54 Å². The Morgan fingerprint density at radius 1 is 1.41 bits per heavy atom. The quantitative estimate of drug-likeness (QED) is 0.443. The van der Waals surface area contributed by atoms with Crippen LogP contribution in [0.25, 0.3) is 0 Å². The van der Waals surface area contributed by atoms with Crippen LogP contribution in [0.4, 0.5) is 5.69 Å². The van der Waals surface area contributed by atoms with E-state index >= 15 is 0 Å². The molecule has 0 unspecified atom stereocenters. The van der Waals surface area contributed by atoms with E-state index in [4.69, 9.17) is 17.0 Å². The lowest BCUT2D eigenvalue weighted by Crippen LogP contribution is -1.97. The summed E-state index contributed by atoms with van der Waals surface area (Å²) >= 11 is 6.70. The van der Waals surface area contributed by atoms with Gasteiger partial charge in [-0.15, -0.1) is 0 Å². The molecule has 1 N–H and O–H groups in total. The number of hydrogen-bond donors (Lipinski definition) is 1. The van der Waals surface area contributed by atoms with Crippen LogP contribution in [0.15, 0.2) is 29.3 Å². The van der Waals surface area contributed by atoms with E-state index in [1.807, 2.05) is 24.3 Å². The third kappa shape index (κ3) is 4.18. The van der Waals surface area contributed by atoms with Crippen molar-refractivity contribution in [1.82, 2.24) is 4.57 Å². The first-order valence-corrected chi connectivity index (χ1v) is 8.49. The van der Waals surface area contributed by atoms with Crippen molar-refractivity contribution in [2.45, 2.75) is 32.7 Å². The Labute approximate surface area is 139 Å². The lowest BCUT2D eigenvalue weighted by Gasteiger charge is -2.03. The fourth-order valence-electron chi connectivity index (χ4n) is 2.04. The molecule has 0 aliphatic heterocycles. The number of aliphatic imine (C=N–C) groups is 1. The van der Waals surface area contributed by atoms with Gasteiger partial charge in [0.25, 0.3) is 0 Å². The minimum atomic E-state index is 0.206. The summed E-state index contributed by atoms with van der Waals surface area (Å²) in [5, 5.41) is 10.3. The molecule has 0 spiro atoms. The first kappa shape index (κ1) is 16.7. The zero-order chi connectivity index (χ0) is 15.9. The molecule has 2 aromatic rings. The summed E-state index contributed by atoms with van der Waals surface area (Å²) in [6.07, 6.45) is 4.94. The van der Waals surface area contributed by atoms with Crippen LogP contribution in [0, 0.1) is 3.95 Å². The van der Waals surface area contributed by atoms with Gasteiger partial charge < -0.3 is 9.84 Å². The zero-order valence-corrected chi connectivity index (χ0v) is 14.4. The van der Waals surface area contributed by atoms with Gasteiger partial charge in [-0.3, -0.25) is 9.56 Å². The number of aromatic nitrogens is 1. The molecule has 0 aliphatic rings. The topological polar surface area (TPSA) is 46.8 Å². The van der Waals surface area contributed by atoms with E-state index in [-0.39, 0.29) is 5.88 Å². The highest BCUT2D eigenvalue weighted by Crippen LogP contribution is 2.26. The van der Waals surface area contributed by atoms with E-state index in [0.717, 1.165) is 37.2 Å². The highest BCUT2D eigenvalue weighted by Gasteiger charge is 2.09. The average Bonchev–Trinajstić information content (AvgIpc) is 2.80. The highest BCUT2D eigenvalue weighted by molar-refractivity contribution is 7.73. The zero-order valence-electron chi connectivity index (χ0n) is 12.8. The second-order valence-electron chi connectivity index (χ2n) is 4.87. The van der Waals surface area contributed by atoms with E-state index in [9.17, 15) is 5.11 Å². The highest BCUT2D eigenvalue weighted by atomic mass is 32.1. The van der Waals surface area contributed by atoms with Gasteiger partial charge in [0.1, 0.15) is 10.6 Å². The first-order chi connectivity index (χ1) is 10.7. The second-order valence-corrected chi connectivity index (χ2v) is 6.55. The predicted octanol–water partition coefficient (Wildman–Crippen LogP) is 4.93. The number of hydrogen-bond acceptors (Lipinski definition) is 5. The summed E-state index contributed by atoms with van der Waals surface area (Å²) in [7, 11) is 1.62. The molecular weight excluding hydrogens is 316 g/mol. The van der Waals surface area contributed by atoms with Crippen molar-refractivity contribution in [3.8, 4) is 11.6 Å². The molecule has 0 amide bonds. The third-order valence-electron chi connectivity index (χ3n) is 3.26. The molecule has 2 rings (SSSR count). The summed E-state index contributed by atoms with van der Waals surface area (Å²) in [4.78, 5) is 5.07. The van der Waals surface area contributed by atoms with Gasteiger partial charge in [0.05, 0.1) is 19.0 Å². The standard InChI is InChI=1S/C16H20N2O2S2/c1-3-4-5-9-18-15(19)14(22-16(18)21)11-17-12-7-6-8-13(10-12)20-2/h6-8,10-11,19H,3-5,9H2,1-2H3. The lowest BCUT2D eigenvalue weighted by molar-refractivity contribution is 0.409. The Morgan fingerprint density at radius 3 is 2.95 bits per heavy atom. The van der Waals surface area contributed by atoms with Crippen LogP contribution in [-0.4, -0.2) is 23.0 Å². The Kier molecular flexibility index (Phi) is 6.15. The van der Waals surface area contributed by atoms with Crippen molar-refractivity contribution >= 4 is 35.5 Å². The van der Waals surface area contributed by atoms with Crippen molar-refractivity contribution in [2.24, 2.45) is 4.99 Å². The number of methoxy groups -OCH3 is 1. The Balaban J connectivity index is 2.17.